The molecule has 1 aliphatic heterocycles. The normalized spacial score (nSPS) is 16.8. The third kappa shape index (κ3) is 2.47. The molecule has 0 saturated heterocycles. The van der Waals surface area contributed by atoms with Crippen LogP contribution < -0.4 is 10.6 Å². The molecule has 1 unspecified atom stereocenters. The average molecular weight is 303 g/mol. The molecule has 1 atom stereocenters. The van der Waals surface area contributed by atoms with E-state index < -0.39 is 11.9 Å². The molecular weight excluding hydrogens is 290 g/mol. The maximum atomic E-state index is 12.4. The number of nitrogens with zero attached hydrogens (tertiary/aromatic N) is 2. The highest BCUT2D eigenvalue weighted by Gasteiger charge is 2.36. The number of rotatable bonds is 3. The quantitative estimate of drug-likeness (QED) is 0.895. The lowest BCUT2D eigenvalue weighted by Gasteiger charge is -2.16. The first-order valence-electron chi connectivity index (χ1n) is 6.38. The van der Waals surface area contributed by atoms with Gasteiger partial charge in [-0.3, -0.25) is 9.59 Å². The average Bonchev–Trinajstić information content (AvgIpc) is 3.02. The number of nitrogen functional groups attached to an aromatic ring is 1. The maximum Gasteiger partial charge on any atom is 0.312 e. The molecule has 6 nitrogen and oxygen atoms in total. The largest absolute Gasteiger partial charge is 0.481 e. The van der Waals surface area contributed by atoms with E-state index in [1.165, 1.54) is 16.2 Å². The van der Waals surface area contributed by atoms with Gasteiger partial charge in [-0.05, 0) is 11.6 Å². The Morgan fingerprint density at radius 1 is 1.43 bits per heavy atom. The van der Waals surface area contributed by atoms with Gasteiger partial charge in [-0.2, -0.15) is 0 Å². The van der Waals surface area contributed by atoms with Gasteiger partial charge in [0, 0.05) is 17.6 Å². The zero-order valence-corrected chi connectivity index (χ0v) is 11.8. The molecule has 1 aromatic carbocycles. The predicted molar refractivity (Wildman–Crippen MR) is 79.4 cm³/mol. The number of anilines is 2. The van der Waals surface area contributed by atoms with Crippen LogP contribution in [0.25, 0.3) is 0 Å². The molecule has 2 heterocycles. The Labute approximate surface area is 124 Å². The molecule has 108 valence electrons. The molecule has 0 saturated carbocycles. The van der Waals surface area contributed by atoms with Gasteiger partial charge < -0.3 is 15.7 Å². The second kappa shape index (κ2) is 5.17. The van der Waals surface area contributed by atoms with Crippen LogP contribution in [0.4, 0.5) is 10.8 Å². The van der Waals surface area contributed by atoms with Gasteiger partial charge in [0.05, 0.1) is 12.1 Å². The molecule has 1 aliphatic rings. The predicted octanol–water partition coefficient (Wildman–Crippen LogP) is 1.48. The number of para-hydroxylation sites is 1. The van der Waals surface area contributed by atoms with Crippen LogP contribution in [0.2, 0.25) is 0 Å². The van der Waals surface area contributed by atoms with Crippen molar-refractivity contribution in [1.82, 2.24) is 4.98 Å². The molecular formula is C14H13N3O3S. The summed E-state index contributed by atoms with van der Waals surface area (Å²) in [7, 11) is 0. The van der Waals surface area contributed by atoms with Gasteiger partial charge in [0.2, 0.25) is 5.91 Å². The Morgan fingerprint density at radius 2 is 2.19 bits per heavy atom. The Bertz CT molecular complexity index is 713. The minimum absolute atomic E-state index is 0.119. The van der Waals surface area contributed by atoms with Crippen molar-refractivity contribution in [3.63, 3.8) is 0 Å². The standard InChI is InChI=1S/C14H13N3O3S/c15-14-16-8(7-21-14)5-12(18)17-6-10(13(19)20)9-3-1-2-4-11(9)17/h1-4,7,10H,5-6H2,(H2,15,16)(H,19,20). The van der Waals surface area contributed by atoms with Crippen molar-refractivity contribution in [3.8, 4) is 0 Å². The Balaban J connectivity index is 1.86. The number of carboxylic acid groups (broad SMARTS) is 1. The number of amides is 1. The van der Waals surface area contributed by atoms with Gasteiger partial charge in [-0.15, -0.1) is 11.3 Å². The molecule has 0 aliphatic carbocycles. The molecule has 1 aromatic heterocycles. The van der Waals surface area contributed by atoms with Crippen molar-refractivity contribution < 1.29 is 14.7 Å². The van der Waals surface area contributed by atoms with Crippen LogP contribution in [0.5, 0.6) is 0 Å². The summed E-state index contributed by atoms with van der Waals surface area (Å²) in [6, 6.07) is 7.10. The van der Waals surface area contributed by atoms with E-state index in [0.29, 0.717) is 22.1 Å². The Hall–Kier alpha value is -2.41. The summed E-state index contributed by atoms with van der Waals surface area (Å²) in [6.45, 7) is 0.160. The fraction of sp³-hybridized carbons (Fsp3) is 0.214. The van der Waals surface area contributed by atoms with Crippen molar-refractivity contribution >= 4 is 34.0 Å². The van der Waals surface area contributed by atoms with Crippen molar-refractivity contribution in [2.45, 2.75) is 12.3 Å². The second-order valence-electron chi connectivity index (χ2n) is 4.81. The van der Waals surface area contributed by atoms with E-state index in [0.717, 1.165) is 0 Å². The molecule has 7 heteroatoms. The maximum absolute atomic E-state index is 12.4. The minimum Gasteiger partial charge on any atom is -0.481 e. The lowest BCUT2D eigenvalue weighted by Crippen LogP contribution is -2.32. The van der Waals surface area contributed by atoms with Gasteiger partial charge in [0.15, 0.2) is 5.13 Å². The summed E-state index contributed by atoms with van der Waals surface area (Å²) in [4.78, 5) is 29.3. The molecule has 2 aromatic rings. The minimum atomic E-state index is -0.921. The summed E-state index contributed by atoms with van der Waals surface area (Å²) in [5, 5.41) is 11.4. The zero-order chi connectivity index (χ0) is 15.0. The van der Waals surface area contributed by atoms with Crippen LogP contribution in [0.1, 0.15) is 17.2 Å². The highest BCUT2D eigenvalue weighted by molar-refractivity contribution is 7.13. The number of carbonyl (C=O) groups excluding carboxylic acids is 1. The lowest BCUT2D eigenvalue weighted by molar-refractivity contribution is -0.138. The van der Waals surface area contributed by atoms with Crippen LogP contribution in [0.15, 0.2) is 29.6 Å². The fourth-order valence-corrected chi connectivity index (χ4v) is 3.07. The number of aliphatic carboxylic acids is 1. The van der Waals surface area contributed by atoms with Gasteiger partial charge in [-0.25, -0.2) is 4.98 Å². The van der Waals surface area contributed by atoms with Gasteiger partial charge in [0.25, 0.3) is 0 Å². The van der Waals surface area contributed by atoms with Gasteiger partial charge >= 0.3 is 5.97 Å². The molecule has 3 N–H and O–H groups in total. The third-order valence-corrected chi connectivity index (χ3v) is 4.19. The SMILES string of the molecule is Nc1nc(CC(=O)N2CC(C(=O)O)c3ccccc32)cs1. The number of fused-ring (bicyclic) bond motifs is 1. The van der Waals surface area contributed by atoms with E-state index in [1.807, 2.05) is 0 Å². The van der Waals surface area contributed by atoms with E-state index in [-0.39, 0.29) is 18.9 Å². The Kier molecular flexibility index (Phi) is 3.34. The third-order valence-electron chi connectivity index (χ3n) is 3.47. The first-order chi connectivity index (χ1) is 10.1. The zero-order valence-electron chi connectivity index (χ0n) is 11.0. The monoisotopic (exact) mass is 303 g/mol. The summed E-state index contributed by atoms with van der Waals surface area (Å²) < 4.78 is 0. The number of aromatic nitrogens is 1. The van der Waals surface area contributed by atoms with Crippen LogP contribution in [0, 0.1) is 0 Å². The number of hydrogen-bond donors (Lipinski definition) is 2. The van der Waals surface area contributed by atoms with Gasteiger partial charge in [-0.1, -0.05) is 18.2 Å². The van der Waals surface area contributed by atoms with E-state index in [9.17, 15) is 14.7 Å². The first kappa shape index (κ1) is 13.6. The van der Waals surface area contributed by atoms with Crippen LogP contribution >= 0.6 is 11.3 Å². The van der Waals surface area contributed by atoms with E-state index >= 15 is 0 Å². The van der Waals surface area contributed by atoms with E-state index in [4.69, 9.17) is 5.73 Å². The summed E-state index contributed by atoms with van der Waals surface area (Å²) in [5.41, 5.74) is 7.50. The first-order valence-corrected chi connectivity index (χ1v) is 7.26. The summed E-state index contributed by atoms with van der Waals surface area (Å²) >= 11 is 1.28. The molecule has 0 fully saturated rings. The van der Waals surface area contributed by atoms with Crippen molar-refractivity contribution in [3.05, 3.63) is 40.9 Å². The number of carboxylic acids is 1. The summed E-state index contributed by atoms with van der Waals surface area (Å²) in [5.74, 6) is -1.77. The fourth-order valence-electron chi connectivity index (χ4n) is 2.51. The van der Waals surface area contributed by atoms with Crippen LogP contribution in [-0.4, -0.2) is 28.5 Å². The highest BCUT2D eigenvalue weighted by atomic mass is 32.1. The van der Waals surface area contributed by atoms with Crippen LogP contribution in [-0.2, 0) is 16.0 Å². The highest BCUT2D eigenvalue weighted by Crippen LogP contribution is 2.36. The molecule has 0 bridgehead atoms. The van der Waals surface area contributed by atoms with E-state index in [1.54, 1.807) is 29.6 Å². The number of hydrogen-bond acceptors (Lipinski definition) is 5. The van der Waals surface area contributed by atoms with Crippen molar-refractivity contribution in [1.29, 1.82) is 0 Å². The molecule has 3 rings (SSSR count). The molecule has 21 heavy (non-hydrogen) atoms. The number of nitrogens with two attached hydrogens (primary N) is 1. The molecule has 1 amide bonds. The number of benzene rings is 1. The smallest absolute Gasteiger partial charge is 0.312 e. The van der Waals surface area contributed by atoms with Crippen molar-refractivity contribution in [2.24, 2.45) is 0 Å². The lowest BCUT2D eigenvalue weighted by atomic mass is 10.0. The van der Waals surface area contributed by atoms with Crippen molar-refractivity contribution in [2.75, 3.05) is 17.2 Å². The molecule has 0 radical (unpaired) electrons. The number of thiazole rings is 1. The Morgan fingerprint density at radius 3 is 2.86 bits per heavy atom. The van der Waals surface area contributed by atoms with Crippen LogP contribution in [0.3, 0.4) is 0 Å². The van der Waals surface area contributed by atoms with Gasteiger partial charge in [0.1, 0.15) is 5.92 Å². The number of carbonyl (C=O) groups is 2. The second-order valence-corrected chi connectivity index (χ2v) is 5.70. The molecule has 0 spiro atoms. The summed E-state index contributed by atoms with van der Waals surface area (Å²) in [6.07, 6.45) is 0.119. The topological polar surface area (TPSA) is 96.5 Å². The van der Waals surface area contributed by atoms with E-state index in [2.05, 4.69) is 4.98 Å².